The number of hydrogen-bond acceptors (Lipinski definition) is 2. The van der Waals surface area contributed by atoms with E-state index in [9.17, 15) is 0 Å². The molecule has 0 aliphatic heterocycles. The molecule has 2 N–H and O–H groups in total. The lowest BCUT2D eigenvalue weighted by molar-refractivity contribution is -0.123. The maximum absolute atomic E-state index is 8.36. The third kappa shape index (κ3) is 383. The molecule has 0 aliphatic rings. The molecule has 0 spiro atoms. The van der Waals surface area contributed by atoms with Gasteiger partial charge in [0.2, 0.25) is 0 Å². The fraction of sp³-hybridized carbons (Fsp3) is 0.714. The Kier molecular flexibility index (Phi) is 74.3. The first-order chi connectivity index (χ1) is 4.56. The van der Waals surface area contributed by atoms with Crippen LogP contribution in [0.1, 0.15) is 28.2 Å². The lowest BCUT2D eigenvalue weighted by Gasteiger charge is -1.79. The van der Waals surface area contributed by atoms with E-state index in [-0.39, 0.29) is 20.4 Å². The van der Waals surface area contributed by atoms with Gasteiger partial charge in [-0.3, -0.25) is 9.59 Å². The Balaban J connectivity index is -0.0000000325. The smallest absolute Gasteiger partial charge is 0.290 e. The first-order valence-corrected chi connectivity index (χ1v) is 2.72. The van der Waals surface area contributed by atoms with E-state index < -0.39 is 0 Å². The molecular weight excluding hydrogens is 148 g/mol. The summed E-state index contributed by atoms with van der Waals surface area (Å²) >= 11 is 0. The summed E-state index contributed by atoms with van der Waals surface area (Å²) in [5.41, 5.74) is 0. The SMILES string of the molecule is C.CC(C)C.O=CO.O=CO. The Hall–Kier alpha value is -1.06. The average molecular weight is 166 g/mol. The fourth-order valence-corrected chi connectivity index (χ4v) is 0. The molecule has 11 heavy (non-hydrogen) atoms. The van der Waals surface area contributed by atoms with E-state index in [2.05, 4.69) is 20.8 Å². The summed E-state index contributed by atoms with van der Waals surface area (Å²) in [5, 5.41) is 13.8. The van der Waals surface area contributed by atoms with Crippen molar-refractivity contribution in [1.29, 1.82) is 0 Å². The van der Waals surface area contributed by atoms with Crippen molar-refractivity contribution < 1.29 is 19.8 Å². The van der Waals surface area contributed by atoms with Gasteiger partial charge < -0.3 is 10.2 Å². The number of carboxylic acid groups (broad SMARTS) is 2. The average Bonchev–Trinajstić information content (AvgIpc) is 1.65. The lowest BCUT2D eigenvalue weighted by Crippen LogP contribution is -1.66. The molecule has 0 saturated carbocycles. The maximum atomic E-state index is 8.36. The van der Waals surface area contributed by atoms with Crippen molar-refractivity contribution in [1.82, 2.24) is 0 Å². The highest BCUT2D eigenvalue weighted by molar-refractivity contribution is 5.32. The topological polar surface area (TPSA) is 74.6 Å². The highest BCUT2D eigenvalue weighted by Gasteiger charge is 1.68. The van der Waals surface area contributed by atoms with Gasteiger partial charge >= 0.3 is 0 Å². The minimum Gasteiger partial charge on any atom is -0.483 e. The van der Waals surface area contributed by atoms with E-state index in [1.807, 2.05) is 0 Å². The van der Waals surface area contributed by atoms with Crippen LogP contribution < -0.4 is 0 Å². The predicted octanol–water partition coefficient (Wildman–Crippen LogP) is 1.70. The van der Waals surface area contributed by atoms with Crippen molar-refractivity contribution in [3.05, 3.63) is 0 Å². The normalized spacial score (nSPS) is 5.45. The Morgan fingerprint density at radius 3 is 1.00 bits per heavy atom. The molecule has 0 heterocycles. The monoisotopic (exact) mass is 166 g/mol. The second kappa shape index (κ2) is 36.3. The van der Waals surface area contributed by atoms with Crippen LogP contribution in [0.2, 0.25) is 0 Å². The van der Waals surface area contributed by atoms with E-state index in [1.165, 1.54) is 0 Å². The Morgan fingerprint density at radius 2 is 1.00 bits per heavy atom. The predicted molar refractivity (Wildman–Crippen MR) is 44.6 cm³/mol. The molecule has 0 unspecified atom stereocenters. The second-order valence-electron chi connectivity index (χ2n) is 1.94. The van der Waals surface area contributed by atoms with Crippen LogP contribution in [0.25, 0.3) is 0 Å². The van der Waals surface area contributed by atoms with Crippen molar-refractivity contribution in [2.24, 2.45) is 5.92 Å². The van der Waals surface area contributed by atoms with Gasteiger partial charge in [0.1, 0.15) is 0 Å². The first-order valence-electron chi connectivity index (χ1n) is 2.72. The largest absolute Gasteiger partial charge is 0.483 e. The zero-order valence-corrected chi connectivity index (χ0v) is 6.44. The van der Waals surface area contributed by atoms with Crippen molar-refractivity contribution in [3.63, 3.8) is 0 Å². The van der Waals surface area contributed by atoms with Crippen LogP contribution in [0.5, 0.6) is 0 Å². The molecule has 0 radical (unpaired) electrons. The molecule has 0 aromatic heterocycles. The first kappa shape index (κ1) is 22.5. The zero-order chi connectivity index (χ0) is 8.99. The molecule has 0 amide bonds. The van der Waals surface area contributed by atoms with Gasteiger partial charge in [-0.1, -0.05) is 28.2 Å². The minimum atomic E-state index is -0.250. The summed E-state index contributed by atoms with van der Waals surface area (Å²) in [6, 6.07) is 0. The van der Waals surface area contributed by atoms with Gasteiger partial charge in [-0.15, -0.1) is 0 Å². The van der Waals surface area contributed by atoms with Gasteiger partial charge in [0.25, 0.3) is 12.9 Å². The Morgan fingerprint density at radius 1 is 1.00 bits per heavy atom. The molecule has 70 valence electrons. The zero-order valence-electron chi connectivity index (χ0n) is 6.44. The molecular formula is C7H18O4. The van der Waals surface area contributed by atoms with Gasteiger partial charge in [0.15, 0.2) is 0 Å². The molecule has 0 fully saturated rings. The van der Waals surface area contributed by atoms with E-state index in [0.29, 0.717) is 0 Å². The van der Waals surface area contributed by atoms with Gasteiger partial charge in [-0.25, -0.2) is 0 Å². The van der Waals surface area contributed by atoms with Crippen LogP contribution >= 0.6 is 0 Å². The quantitative estimate of drug-likeness (QED) is 0.537. The van der Waals surface area contributed by atoms with E-state index in [4.69, 9.17) is 19.8 Å². The molecule has 0 atom stereocenters. The van der Waals surface area contributed by atoms with Crippen LogP contribution in [-0.4, -0.2) is 23.2 Å². The van der Waals surface area contributed by atoms with Crippen molar-refractivity contribution >= 4 is 12.9 Å². The summed E-state index contributed by atoms with van der Waals surface area (Å²) in [7, 11) is 0. The van der Waals surface area contributed by atoms with Crippen LogP contribution in [-0.2, 0) is 9.59 Å². The van der Waals surface area contributed by atoms with Crippen LogP contribution in [0.15, 0.2) is 0 Å². The highest BCUT2D eigenvalue weighted by Crippen LogP contribution is 1.81. The summed E-state index contributed by atoms with van der Waals surface area (Å²) < 4.78 is 0. The minimum absolute atomic E-state index is 0. The van der Waals surface area contributed by atoms with Crippen molar-refractivity contribution in [3.8, 4) is 0 Å². The molecule has 0 saturated heterocycles. The maximum Gasteiger partial charge on any atom is 0.290 e. The third-order valence-electron chi connectivity index (χ3n) is 0. The van der Waals surface area contributed by atoms with E-state index in [0.717, 1.165) is 5.92 Å². The summed E-state index contributed by atoms with van der Waals surface area (Å²) in [5.74, 6) is 0.833. The van der Waals surface area contributed by atoms with Gasteiger partial charge in [0.05, 0.1) is 0 Å². The fourth-order valence-electron chi connectivity index (χ4n) is 0. The van der Waals surface area contributed by atoms with Crippen LogP contribution in [0.4, 0.5) is 0 Å². The number of rotatable bonds is 0. The summed E-state index contributed by atoms with van der Waals surface area (Å²) in [6.07, 6.45) is 0. The van der Waals surface area contributed by atoms with E-state index in [1.54, 1.807) is 0 Å². The molecule has 0 bridgehead atoms. The van der Waals surface area contributed by atoms with Crippen LogP contribution in [0.3, 0.4) is 0 Å². The molecule has 0 aliphatic carbocycles. The van der Waals surface area contributed by atoms with Gasteiger partial charge in [-0.2, -0.15) is 0 Å². The summed E-state index contributed by atoms with van der Waals surface area (Å²) in [4.78, 5) is 16.7. The summed E-state index contributed by atoms with van der Waals surface area (Å²) in [6.45, 7) is 6.00. The van der Waals surface area contributed by atoms with Crippen LogP contribution in [0, 0.1) is 5.92 Å². The third-order valence-corrected chi connectivity index (χ3v) is 0. The van der Waals surface area contributed by atoms with Crippen molar-refractivity contribution in [2.45, 2.75) is 28.2 Å². The lowest BCUT2D eigenvalue weighted by atomic mass is 10.3. The molecule has 0 rings (SSSR count). The molecule has 4 nitrogen and oxygen atoms in total. The van der Waals surface area contributed by atoms with E-state index >= 15 is 0 Å². The highest BCUT2D eigenvalue weighted by atomic mass is 16.3. The standard InChI is InChI=1S/C4H10.2CH2O2.CH4/c1-4(2)3;2*2-1-3;/h4H,1-3H3;2*1H,(H,2,3);1H4. The Labute approximate surface area is 67.9 Å². The molecule has 0 aromatic carbocycles. The molecule has 0 aromatic rings. The Bertz CT molecular complexity index is 52.7. The number of carbonyl (C=O) groups is 2. The molecule has 4 heteroatoms. The van der Waals surface area contributed by atoms with Gasteiger partial charge in [-0.05, 0) is 5.92 Å². The van der Waals surface area contributed by atoms with Gasteiger partial charge in [0, 0.05) is 0 Å². The van der Waals surface area contributed by atoms with Crippen molar-refractivity contribution in [2.75, 3.05) is 0 Å². The number of hydrogen-bond donors (Lipinski definition) is 2. The second-order valence-corrected chi connectivity index (χ2v) is 1.94.